The minimum atomic E-state index is -0.913. The highest BCUT2D eigenvalue weighted by molar-refractivity contribution is 6.04. The van der Waals surface area contributed by atoms with Crippen molar-refractivity contribution in [2.75, 3.05) is 6.61 Å². The lowest BCUT2D eigenvalue weighted by molar-refractivity contribution is 0.0698. The van der Waals surface area contributed by atoms with Crippen LogP contribution in [0, 0.1) is 6.92 Å². The van der Waals surface area contributed by atoms with E-state index < -0.39 is 5.97 Å². The Labute approximate surface area is 98.9 Å². The number of aliphatic hydroxyl groups excluding tert-OH is 1. The Kier molecular flexibility index (Phi) is 3.15. The van der Waals surface area contributed by atoms with Crippen LogP contribution in [0.4, 0.5) is 0 Å². The van der Waals surface area contributed by atoms with Crippen molar-refractivity contribution in [3.8, 4) is 0 Å². The van der Waals surface area contributed by atoms with Crippen molar-refractivity contribution in [1.82, 2.24) is 4.98 Å². The summed E-state index contributed by atoms with van der Waals surface area (Å²) < 4.78 is 0. The second kappa shape index (κ2) is 4.59. The molecule has 90 valence electrons. The fourth-order valence-electron chi connectivity index (χ4n) is 2.11. The number of aromatic nitrogens is 1. The smallest absolute Gasteiger partial charge is 0.338 e. The van der Waals surface area contributed by atoms with Gasteiger partial charge in [0.15, 0.2) is 0 Å². The van der Waals surface area contributed by atoms with Gasteiger partial charge in [0, 0.05) is 18.2 Å². The molecule has 0 aliphatic carbocycles. The molecule has 4 nitrogen and oxygen atoms in total. The summed E-state index contributed by atoms with van der Waals surface area (Å²) in [6, 6.07) is 3.75. The lowest BCUT2D eigenvalue weighted by Crippen LogP contribution is -2.00. The Morgan fingerprint density at radius 1 is 1.41 bits per heavy atom. The van der Waals surface area contributed by atoms with Gasteiger partial charge in [-0.05, 0) is 30.9 Å². The van der Waals surface area contributed by atoms with E-state index in [1.165, 1.54) is 0 Å². The summed E-state index contributed by atoms with van der Waals surface area (Å²) in [5, 5.41) is 18.9. The van der Waals surface area contributed by atoms with E-state index >= 15 is 0 Å². The van der Waals surface area contributed by atoms with E-state index in [0.29, 0.717) is 17.5 Å². The number of aryl methyl sites for hydroxylation is 2. The van der Waals surface area contributed by atoms with Crippen LogP contribution in [0.15, 0.2) is 18.3 Å². The summed E-state index contributed by atoms with van der Waals surface area (Å²) in [6.45, 7) is 1.93. The third kappa shape index (κ3) is 2.03. The standard InChI is InChI=1S/C13H15NO3/c1-8-4-5-10-9(3-2-6-15)7-14-12(10)11(8)13(16)17/h4-5,7,14-15H,2-3,6H2,1H3,(H,16,17). The van der Waals surface area contributed by atoms with E-state index in [2.05, 4.69) is 4.98 Å². The number of fused-ring (bicyclic) bond motifs is 1. The molecule has 0 spiro atoms. The maximum atomic E-state index is 11.2. The summed E-state index contributed by atoms with van der Waals surface area (Å²) in [5.41, 5.74) is 2.81. The maximum Gasteiger partial charge on any atom is 0.338 e. The molecule has 0 saturated carbocycles. The number of carboxylic acids is 1. The summed E-state index contributed by atoms with van der Waals surface area (Å²) in [7, 11) is 0. The molecule has 1 aromatic heterocycles. The molecule has 1 heterocycles. The van der Waals surface area contributed by atoms with Crippen molar-refractivity contribution in [3.63, 3.8) is 0 Å². The molecule has 1 aromatic carbocycles. The number of rotatable bonds is 4. The van der Waals surface area contributed by atoms with Gasteiger partial charge in [0.2, 0.25) is 0 Å². The SMILES string of the molecule is Cc1ccc2c(CCCO)c[nH]c2c1C(=O)O. The van der Waals surface area contributed by atoms with E-state index in [0.717, 1.165) is 22.9 Å². The molecule has 0 amide bonds. The van der Waals surface area contributed by atoms with Gasteiger partial charge in [0.1, 0.15) is 0 Å². The Morgan fingerprint density at radius 3 is 2.82 bits per heavy atom. The zero-order chi connectivity index (χ0) is 12.4. The average Bonchev–Trinajstić information content (AvgIpc) is 2.68. The molecule has 0 fully saturated rings. The molecule has 4 heteroatoms. The number of aromatic carboxylic acids is 1. The van der Waals surface area contributed by atoms with Crippen LogP contribution in [0.2, 0.25) is 0 Å². The third-order valence-electron chi connectivity index (χ3n) is 2.97. The first-order chi connectivity index (χ1) is 8.15. The largest absolute Gasteiger partial charge is 0.478 e. The molecule has 0 aliphatic rings. The zero-order valence-electron chi connectivity index (χ0n) is 9.66. The predicted octanol–water partition coefficient (Wildman–Crippen LogP) is 2.10. The molecule has 2 aromatic rings. The van der Waals surface area contributed by atoms with E-state index in [1.807, 2.05) is 18.3 Å². The highest BCUT2D eigenvalue weighted by Gasteiger charge is 2.14. The predicted molar refractivity (Wildman–Crippen MR) is 65.4 cm³/mol. The summed E-state index contributed by atoms with van der Waals surface area (Å²) in [5.74, 6) is -0.913. The number of aromatic amines is 1. The van der Waals surface area contributed by atoms with Crippen LogP contribution in [-0.2, 0) is 6.42 Å². The molecule has 3 N–H and O–H groups in total. The molecule has 0 unspecified atom stereocenters. The number of H-pyrrole nitrogens is 1. The molecule has 0 saturated heterocycles. The molecule has 0 radical (unpaired) electrons. The Bertz CT molecular complexity index is 557. The van der Waals surface area contributed by atoms with Gasteiger partial charge in [-0.1, -0.05) is 12.1 Å². The van der Waals surface area contributed by atoms with Crippen LogP contribution in [0.3, 0.4) is 0 Å². The highest BCUT2D eigenvalue weighted by atomic mass is 16.4. The van der Waals surface area contributed by atoms with E-state index in [1.54, 1.807) is 6.92 Å². The maximum absolute atomic E-state index is 11.2. The highest BCUT2D eigenvalue weighted by Crippen LogP contribution is 2.25. The molecule has 0 atom stereocenters. The van der Waals surface area contributed by atoms with Gasteiger partial charge < -0.3 is 15.2 Å². The van der Waals surface area contributed by atoms with Gasteiger partial charge in [0.05, 0.1) is 11.1 Å². The monoisotopic (exact) mass is 233 g/mol. The number of carboxylic acid groups (broad SMARTS) is 1. The second-order valence-corrected chi connectivity index (χ2v) is 4.13. The molecule has 2 rings (SSSR count). The molecule has 17 heavy (non-hydrogen) atoms. The van der Waals surface area contributed by atoms with Crippen LogP contribution in [0.25, 0.3) is 10.9 Å². The minimum absolute atomic E-state index is 0.143. The quantitative estimate of drug-likeness (QED) is 0.757. The fraction of sp³-hybridized carbons (Fsp3) is 0.308. The number of aliphatic hydroxyl groups is 1. The second-order valence-electron chi connectivity index (χ2n) is 4.13. The lowest BCUT2D eigenvalue weighted by atomic mass is 10.0. The first kappa shape index (κ1) is 11.7. The number of benzene rings is 1. The van der Waals surface area contributed by atoms with Gasteiger partial charge in [-0.3, -0.25) is 0 Å². The van der Waals surface area contributed by atoms with Gasteiger partial charge in [0.25, 0.3) is 0 Å². The topological polar surface area (TPSA) is 73.3 Å². The van der Waals surface area contributed by atoms with E-state index in [-0.39, 0.29) is 6.61 Å². The zero-order valence-corrected chi connectivity index (χ0v) is 9.66. The van der Waals surface area contributed by atoms with E-state index in [4.69, 9.17) is 5.11 Å². The van der Waals surface area contributed by atoms with Crippen molar-refractivity contribution >= 4 is 16.9 Å². The summed E-state index contributed by atoms with van der Waals surface area (Å²) in [4.78, 5) is 14.2. The van der Waals surface area contributed by atoms with Gasteiger partial charge >= 0.3 is 5.97 Å². The van der Waals surface area contributed by atoms with Crippen LogP contribution in [0.5, 0.6) is 0 Å². The van der Waals surface area contributed by atoms with Crippen molar-refractivity contribution < 1.29 is 15.0 Å². The minimum Gasteiger partial charge on any atom is -0.478 e. The van der Waals surface area contributed by atoms with Gasteiger partial charge in [-0.15, -0.1) is 0 Å². The number of hydrogen-bond acceptors (Lipinski definition) is 2. The van der Waals surface area contributed by atoms with Crippen LogP contribution in [0.1, 0.15) is 27.9 Å². The fourth-order valence-corrected chi connectivity index (χ4v) is 2.11. The number of carbonyl (C=O) groups is 1. The van der Waals surface area contributed by atoms with Gasteiger partial charge in [-0.25, -0.2) is 4.79 Å². The molecule has 0 bridgehead atoms. The average molecular weight is 233 g/mol. The summed E-state index contributed by atoms with van der Waals surface area (Å²) >= 11 is 0. The summed E-state index contributed by atoms with van der Waals surface area (Å²) in [6.07, 6.45) is 3.26. The number of hydrogen-bond donors (Lipinski definition) is 3. The molecular weight excluding hydrogens is 218 g/mol. The Morgan fingerprint density at radius 2 is 2.18 bits per heavy atom. The van der Waals surface area contributed by atoms with E-state index in [9.17, 15) is 9.90 Å². The first-order valence-corrected chi connectivity index (χ1v) is 5.59. The Balaban J connectivity index is 2.56. The molecule has 0 aliphatic heterocycles. The van der Waals surface area contributed by atoms with Gasteiger partial charge in [-0.2, -0.15) is 0 Å². The Hall–Kier alpha value is -1.81. The van der Waals surface area contributed by atoms with Crippen molar-refractivity contribution in [1.29, 1.82) is 0 Å². The normalized spacial score (nSPS) is 10.9. The molecular formula is C13H15NO3. The van der Waals surface area contributed by atoms with Crippen molar-refractivity contribution in [3.05, 3.63) is 35.0 Å². The lowest BCUT2D eigenvalue weighted by Gasteiger charge is -2.03. The van der Waals surface area contributed by atoms with Crippen molar-refractivity contribution in [2.24, 2.45) is 0 Å². The van der Waals surface area contributed by atoms with Crippen molar-refractivity contribution in [2.45, 2.75) is 19.8 Å². The van der Waals surface area contributed by atoms with Crippen LogP contribution < -0.4 is 0 Å². The number of nitrogens with one attached hydrogen (secondary N) is 1. The van der Waals surface area contributed by atoms with Crippen LogP contribution >= 0.6 is 0 Å². The van der Waals surface area contributed by atoms with Crippen LogP contribution in [-0.4, -0.2) is 27.8 Å². The third-order valence-corrected chi connectivity index (χ3v) is 2.97. The first-order valence-electron chi connectivity index (χ1n) is 5.59.